The molecule has 3 aliphatic rings. The van der Waals surface area contributed by atoms with Gasteiger partial charge in [0.25, 0.3) is 5.92 Å². The number of fused-ring (bicyclic) bond motifs is 2. The fourth-order valence-electron chi connectivity index (χ4n) is 5.73. The summed E-state index contributed by atoms with van der Waals surface area (Å²) in [5.74, 6) is -3.25. The Bertz CT molecular complexity index is 1200. The predicted molar refractivity (Wildman–Crippen MR) is 137 cm³/mol. The van der Waals surface area contributed by atoms with Gasteiger partial charge in [0.05, 0.1) is 5.69 Å². The first-order valence-corrected chi connectivity index (χ1v) is 13.4. The summed E-state index contributed by atoms with van der Waals surface area (Å²) in [6.45, 7) is 9.81. The van der Waals surface area contributed by atoms with E-state index in [0.717, 1.165) is 5.69 Å². The van der Waals surface area contributed by atoms with Crippen molar-refractivity contribution in [2.24, 2.45) is 0 Å². The Kier molecular flexibility index (Phi) is 7.23. The van der Waals surface area contributed by atoms with Gasteiger partial charge in [0.2, 0.25) is 0 Å². The number of alkyl carbamates (subject to hydrolysis) is 1. The van der Waals surface area contributed by atoms with Gasteiger partial charge in [-0.2, -0.15) is 5.10 Å². The van der Waals surface area contributed by atoms with Crippen LogP contribution in [0.1, 0.15) is 65.7 Å². The molecule has 13 heteroatoms. The average Bonchev–Trinajstić information content (AvgIpc) is 3.46. The zero-order chi connectivity index (χ0) is 28.2. The number of nitrogens with one attached hydrogen (secondary N) is 1. The highest BCUT2D eigenvalue weighted by Crippen LogP contribution is 2.46. The van der Waals surface area contributed by atoms with Gasteiger partial charge in [-0.15, -0.1) is 0 Å². The standard InChI is InChI=1S/C26H38F2N6O5/c1-24(2,3)39-23(35)30-10-8-15-12-26(27,28)9-11-33(15)13-18-20-21(38-25(4,5)37-20)19(36-18)16-6-7-17-22(29)31-14-32-34(16)17/h6-7,14-15,18-21H,8-13H2,1-5H3,(H,30,35)(H2,29,31,32)/t15-,18-,19+,20-,21+/m1/s1. The summed E-state index contributed by atoms with van der Waals surface area (Å²) >= 11 is 0. The molecule has 3 saturated heterocycles. The minimum Gasteiger partial charge on any atom is -0.444 e. The summed E-state index contributed by atoms with van der Waals surface area (Å²) in [5.41, 5.74) is 6.79. The second kappa shape index (κ2) is 10.1. The Morgan fingerprint density at radius 2 is 2.00 bits per heavy atom. The highest BCUT2D eigenvalue weighted by Gasteiger charge is 2.57. The van der Waals surface area contributed by atoms with Gasteiger partial charge in [0.1, 0.15) is 41.9 Å². The number of alkyl halides is 2. The monoisotopic (exact) mass is 552 g/mol. The molecule has 216 valence electrons. The van der Waals surface area contributed by atoms with Gasteiger partial charge < -0.3 is 30.0 Å². The van der Waals surface area contributed by atoms with Crippen LogP contribution in [0.5, 0.6) is 0 Å². The van der Waals surface area contributed by atoms with E-state index in [-0.39, 0.29) is 25.9 Å². The van der Waals surface area contributed by atoms with Crippen molar-refractivity contribution in [2.45, 2.75) is 102 Å². The number of nitrogens with zero attached hydrogens (tertiary/aromatic N) is 4. The molecule has 3 fully saturated rings. The third-order valence-electron chi connectivity index (χ3n) is 7.33. The molecule has 2 aromatic heterocycles. The van der Waals surface area contributed by atoms with E-state index in [9.17, 15) is 13.6 Å². The van der Waals surface area contributed by atoms with E-state index in [4.69, 9.17) is 24.7 Å². The Hall–Kier alpha value is -2.61. The Morgan fingerprint density at radius 1 is 1.26 bits per heavy atom. The van der Waals surface area contributed by atoms with E-state index >= 15 is 0 Å². The summed E-state index contributed by atoms with van der Waals surface area (Å²) in [4.78, 5) is 18.1. The molecule has 1 amide bonds. The van der Waals surface area contributed by atoms with Crippen molar-refractivity contribution in [2.75, 3.05) is 25.4 Å². The van der Waals surface area contributed by atoms with Crippen LogP contribution in [0.3, 0.4) is 0 Å². The molecular formula is C26H38F2N6O5. The molecule has 0 spiro atoms. The molecule has 39 heavy (non-hydrogen) atoms. The third-order valence-corrected chi connectivity index (χ3v) is 7.33. The normalized spacial score (nSPS) is 30.4. The molecule has 3 N–H and O–H groups in total. The summed E-state index contributed by atoms with van der Waals surface area (Å²) < 4.78 is 54.9. The number of hydrogen-bond donors (Lipinski definition) is 2. The largest absolute Gasteiger partial charge is 0.444 e. The number of aromatic nitrogens is 3. The Labute approximate surface area is 226 Å². The van der Waals surface area contributed by atoms with E-state index in [1.165, 1.54) is 6.33 Å². The van der Waals surface area contributed by atoms with E-state index in [1.54, 1.807) is 25.3 Å². The number of nitrogen functional groups attached to an aromatic ring is 1. The van der Waals surface area contributed by atoms with E-state index in [2.05, 4.69) is 15.4 Å². The van der Waals surface area contributed by atoms with Gasteiger partial charge in [-0.25, -0.2) is 23.1 Å². The maximum Gasteiger partial charge on any atom is 0.407 e. The van der Waals surface area contributed by atoms with Crippen LogP contribution in [0.25, 0.3) is 5.52 Å². The Balaban J connectivity index is 1.31. The molecule has 0 aliphatic carbocycles. The molecule has 0 aromatic carbocycles. The smallest absolute Gasteiger partial charge is 0.407 e. The maximum atomic E-state index is 14.5. The molecule has 11 nitrogen and oxygen atoms in total. The topological polar surface area (TPSA) is 125 Å². The Morgan fingerprint density at radius 3 is 2.74 bits per heavy atom. The molecule has 0 unspecified atom stereocenters. The number of carbonyl (C=O) groups excluding carboxylic acids is 1. The lowest BCUT2D eigenvalue weighted by Gasteiger charge is -2.41. The SMILES string of the molecule is CC(C)(C)OC(=O)NCC[C@@H]1CC(F)(F)CCN1C[C@H]1O[C@@H](c2ccc3c(N)ncnn23)[C@@H]2OC(C)(C)O[C@@H]21. The predicted octanol–water partition coefficient (Wildman–Crippen LogP) is 3.29. The first kappa shape index (κ1) is 27.9. The number of piperidine rings is 1. The highest BCUT2D eigenvalue weighted by atomic mass is 19.3. The molecule has 0 saturated carbocycles. The van der Waals surface area contributed by atoms with E-state index < -0.39 is 53.9 Å². The number of amides is 1. The van der Waals surface area contributed by atoms with Crippen LogP contribution in [-0.4, -0.2) is 86.9 Å². The van der Waals surface area contributed by atoms with Gasteiger partial charge in [0.15, 0.2) is 11.6 Å². The number of rotatable bonds is 6. The fourth-order valence-corrected chi connectivity index (χ4v) is 5.73. The van der Waals surface area contributed by atoms with Gasteiger partial charge in [-0.05, 0) is 53.2 Å². The quantitative estimate of drug-likeness (QED) is 0.555. The van der Waals surface area contributed by atoms with Crippen LogP contribution >= 0.6 is 0 Å². The summed E-state index contributed by atoms with van der Waals surface area (Å²) in [6.07, 6.45) is -1.13. The zero-order valence-electron chi connectivity index (χ0n) is 23.0. The molecule has 0 bridgehead atoms. The van der Waals surface area contributed by atoms with E-state index in [0.29, 0.717) is 24.3 Å². The second-order valence-electron chi connectivity index (χ2n) is 12.0. The third kappa shape index (κ3) is 6.11. The molecule has 5 atom stereocenters. The van der Waals surface area contributed by atoms with Crippen LogP contribution in [0.15, 0.2) is 18.5 Å². The number of halogens is 2. The number of nitrogens with two attached hydrogens (primary N) is 1. The molecular weight excluding hydrogens is 514 g/mol. The van der Waals surface area contributed by atoms with Crippen LogP contribution in [0, 0.1) is 0 Å². The summed E-state index contributed by atoms with van der Waals surface area (Å²) in [5, 5.41) is 7.04. The maximum absolute atomic E-state index is 14.5. The molecule has 3 aliphatic heterocycles. The van der Waals surface area contributed by atoms with E-state index in [1.807, 2.05) is 30.9 Å². The lowest BCUT2D eigenvalue weighted by Crippen LogP contribution is -2.52. The zero-order valence-corrected chi connectivity index (χ0v) is 23.0. The average molecular weight is 553 g/mol. The number of hydrogen-bond acceptors (Lipinski definition) is 9. The molecule has 5 heterocycles. The number of ether oxygens (including phenoxy) is 4. The molecule has 0 radical (unpaired) electrons. The van der Waals surface area contributed by atoms with Crippen LogP contribution in [-0.2, 0) is 18.9 Å². The minimum absolute atomic E-state index is 0.202. The second-order valence-corrected chi connectivity index (χ2v) is 12.0. The van der Waals surface area contributed by atoms with Crippen molar-refractivity contribution in [1.29, 1.82) is 0 Å². The number of carbonyl (C=O) groups is 1. The highest BCUT2D eigenvalue weighted by molar-refractivity contribution is 5.67. The van der Waals surface area contributed by atoms with Gasteiger partial charge in [-0.3, -0.25) is 4.90 Å². The van der Waals surface area contributed by atoms with Crippen molar-refractivity contribution in [3.63, 3.8) is 0 Å². The molecule has 2 aromatic rings. The summed E-state index contributed by atoms with van der Waals surface area (Å²) in [7, 11) is 0. The van der Waals surface area contributed by atoms with Gasteiger partial charge >= 0.3 is 6.09 Å². The number of anilines is 1. The fraction of sp³-hybridized carbons (Fsp3) is 0.731. The van der Waals surface area contributed by atoms with Crippen LogP contribution in [0.2, 0.25) is 0 Å². The van der Waals surface area contributed by atoms with Crippen molar-refractivity contribution < 1.29 is 32.5 Å². The summed E-state index contributed by atoms with van der Waals surface area (Å²) in [6, 6.07) is 3.26. The number of likely N-dealkylation sites (tertiary alicyclic amines) is 1. The first-order chi connectivity index (χ1) is 18.2. The van der Waals surface area contributed by atoms with Crippen molar-refractivity contribution >= 4 is 17.4 Å². The van der Waals surface area contributed by atoms with Crippen molar-refractivity contribution in [1.82, 2.24) is 24.8 Å². The van der Waals surface area contributed by atoms with Crippen LogP contribution < -0.4 is 11.1 Å². The first-order valence-electron chi connectivity index (χ1n) is 13.4. The van der Waals surface area contributed by atoms with Crippen molar-refractivity contribution in [3.8, 4) is 0 Å². The lowest BCUT2D eigenvalue weighted by atomic mass is 9.95. The molecule has 5 rings (SSSR count). The minimum atomic E-state index is -2.77. The van der Waals surface area contributed by atoms with Crippen molar-refractivity contribution in [3.05, 3.63) is 24.2 Å². The van der Waals surface area contributed by atoms with Gasteiger partial charge in [0, 0.05) is 38.5 Å². The van der Waals surface area contributed by atoms with Gasteiger partial charge in [-0.1, -0.05) is 0 Å². The van der Waals surface area contributed by atoms with Crippen LogP contribution in [0.4, 0.5) is 19.4 Å². The lowest BCUT2D eigenvalue weighted by molar-refractivity contribution is -0.192.